The van der Waals surface area contributed by atoms with Gasteiger partial charge in [-0.1, -0.05) is 48.5 Å². The van der Waals surface area contributed by atoms with Gasteiger partial charge in [-0.15, -0.1) is 0 Å². The first kappa shape index (κ1) is 13.1. The minimum atomic E-state index is -3.39. The molecule has 2 aromatic carbocycles. The molecular formula is C16H14O3S. The zero-order valence-corrected chi connectivity index (χ0v) is 11.6. The topological polar surface area (TPSA) is 51.2 Å². The average Bonchev–Trinajstić information content (AvgIpc) is 3.29. The summed E-state index contributed by atoms with van der Waals surface area (Å²) in [7, 11) is -3.39. The van der Waals surface area contributed by atoms with Gasteiger partial charge < -0.3 is 0 Å². The normalized spacial score (nSPS) is 21.4. The van der Waals surface area contributed by atoms with Crippen LogP contribution in [0.4, 0.5) is 0 Å². The van der Waals surface area contributed by atoms with E-state index in [4.69, 9.17) is 0 Å². The van der Waals surface area contributed by atoms with E-state index in [2.05, 4.69) is 0 Å². The van der Waals surface area contributed by atoms with Gasteiger partial charge in [-0.25, -0.2) is 8.42 Å². The van der Waals surface area contributed by atoms with Gasteiger partial charge in [0, 0.05) is 11.5 Å². The van der Waals surface area contributed by atoms with E-state index in [0.29, 0.717) is 16.9 Å². The molecule has 102 valence electrons. The van der Waals surface area contributed by atoms with Gasteiger partial charge >= 0.3 is 0 Å². The smallest absolute Gasteiger partial charge is 0.181 e. The lowest BCUT2D eigenvalue weighted by Crippen LogP contribution is -2.13. The van der Waals surface area contributed by atoms with Crippen molar-refractivity contribution >= 4 is 15.6 Å². The first-order valence-corrected chi connectivity index (χ1v) is 8.03. The number of rotatable bonds is 4. The Morgan fingerprint density at radius 2 is 1.45 bits per heavy atom. The van der Waals surface area contributed by atoms with Crippen LogP contribution in [0.25, 0.3) is 0 Å². The minimum absolute atomic E-state index is 0.0740. The number of hydrogen-bond donors (Lipinski definition) is 0. The molecule has 2 aromatic rings. The fraction of sp³-hybridized carbons (Fsp3) is 0.188. The molecule has 0 unspecified atom stereocenters. The molecule has 0 aliphatic heterocycles. The van der Waals surface area contributed by atoms with Crippen molar-refractivity contribution in [1.29, 1.82) is 0 Å². The van der Waals surface area contributed by atoms with Crippen LogP contribution >= 0.6 is 0 Å². The molecule has 3 nitrogen and oxygen atoms in total. The summed E-state index contributed by atoms with van der Waals surface area (Å²) >= 11 is 0. The molecule has 2 atom stereocenters. The van der Waals surface area contributed by atoms with Crippen LogP contribution in [0, 0.1) is 5.92 Å². The highest BCUT2D eigenvalue weighted by Gasteiger charge is 2.51. The fourth-order valence-corrected chi connectivity index (χ4v) is 4.29. The second-order valence-corrected chi connectivity index (χ2v) is 7.14. The number of ketones is 1. The summed E-state index contributed by atoms with van der Waals surface area (Å²) in [6.07, 6.45) is 0.422. The Hall–Kier alpha value is -1.94. The summed E-state index contributed by atoms with van der Waals surface area (Å²) in [4.78, 5) is 12.5. The first-order chi connectivity index (χ1) is 9.60. The van der Waals surface area contributed by atoms with E-state index >= 15 is 0 Å². The van der Waals surface area contributed by atoms with Gasteiger partial charge in [0.15, 0.2) is 15.6 Å². The van der Waals surface area contributed by atoms with Crippen molar-refractivity contribution in [1.82, 2.24) is 0 Å². The number of hydrogen-bond acceptors (Lipinski definition) is 3. The summed E-state index contributed by atoms with van der Waals surface area (Å²) in [5.41, 5.74) is 0.586. The average molecular weight is 286 g/mol. The maximum atomic E-state index is 12.4. The van der Waals surface area contributed by atoms with Crippen LogP contribution < -0.4 is 0 Å². The van der Waals surface area contributed by atoms with Gasteiger partial charge in [-0.05, 0) is 18.6 Å². The van der Waals surface area contributed by atoms with Crippen LogP contribution in [-0.4, -0.2) is 19.5 Å². The number of carbonyl (C=O) groups is 1. The standard InChI is InChI=1S/C16H14O3S/c17-16(12-7-3-1-4-8-12)14-11-15(14)20(18,19)13-9-5-2-6-10-13/h1-10,14-15H,11H2/t14-,15-/m1/s1. The molecule has 0 radical (unpaired) electrons. The van der Waals surface area contributed by atoms with Gasteiger partial charge in [0.25, 0.3) is 0 Å². The summed E-state index contributed by atoms with van der Waals surface area (Å²) in [5, 5.41) is -0.572. The largest absolute Gasteiger partial charge is 0.294 e. The molecule has 0 amide bonds. The minimum Gasteiger partial charge on any atom is -0.294 e. The maximum absolute atomic E-state index is 12.4. The summed E-state index contributed by atoms with van der Waals surface area (Å²) in [6.45, 7) is 0. The Bertz CT molecular complexity index is 721. The fourth-order valence-electron chi connectivity index (χ4n) is 2.39. The molecule has 1 fully saturated rings. The third kappa shape index (κ3) is 2.27. The zero-order chi connectivity index (χ0) is 14.2. The van der Waals surface area contributed by atoms with Crippen molar-refractivity contribution in [2.75, 3.05) is 0 Å². The summed E-state index contributed by atoms with van der Waals surface area (Å²) in [5.74, 6) is -0.474. The highest BCUT2D eigenvalue weighted by atomic mass is 32.2. The Kier molecular flexibility index (Phi) is 3.18. The molecule has 4 heteroatoms. The highest BCUT2D eigenvalue weighted by molar-refractivity contribution is 7.92. The number of benzene rings is 2. The summed E-state index contributed by atoms with van der Waals surface area (Å²) < 4.78 is 24.8. The molecule has 0 heterocycles. The second-order valence-electron chi connectivity index (χ2n) is 4.97. The van der Waals surface area contributed by atoms with Crippen molar-refractivity contribution in [3.05, 3.63) is 66.2 Å². The van der Waals surface area contributed by atoms with Crippen molar-refractivity contribution in [2.45, 2.75) is 16.6 Å². The molecule has 0 saturated heterocycles. The molecule has 0 spiro atoms. The van der Waals surface area contributed by atoms with Crippen LogP contribution in [0.15, 0.2) is 65.6 Å². The quantitative estimate of drug-likeness (QED) is 0.812. The predicted octanol–water partition coefficient (Wildman–Crippen LogP) is 2.73. The van der Waals surface area contributed by atoms with Gasteiger partial charge in [0.2, 0.25) is 0 Å². The predicted molar refractivity (Wildman–Crippen MR) is 76.3 cm³/mol. The molecule has 0 aromatic heterocycles. The Labute approximate surface area is 118 Å². The van der Waals surface area contributed by atoms with Crippen LogP contribution in [0.2, 0.25) is 0 Å². The third-order valence-electron chi connectivity index (χ3n) is 3.60. The van der Waals surface area contributed by atoms with Gasteiger partial charge in [0.05, 0.1) is 10.1 Å². The van der Waals surface area contributed by atoms with Crippen LogP contribution in [0.3, 0.4) is 0 Å². The highest BCUT2D eigenvalue weighted by Crippen LogP contribution is 2.42. The second kappa shape index (κ2) is 4.87. The van der Waals surface area contributed by atoms with E-state index in [0.717, 1.165) is 0 Å². The van der Waals surface area contributed by atoms with Crippen LogP contribution in [-0.2, 0) is 9.84 Å². The van der Waals surface area contributed by atoms with E-state index in [1.54, 1.807) is 54.6 Å². The Morgan fingerprint density at radius 3 is 2.05 bits per heavy atom. The lowest BCUT2D eigenvalue weighted by atomic mass is 10.1. The number of sulfone groups is 1. The Morgan fingerprint density at radius 1 is 0.900 bits per heavy atom. The molecule has 3 rings (SSSR count). The van der Waals surface area contributed by atoms with Gasteiger partial charge in [-0.3, -0.25) is 4.79 Å². The lowest BCUT2D eigenvalue weighted by molar-refractivity contribution is 0.0968. The van der Waals surface area contributed by atoms with Crippen molar-refractivity contribution in [3.8, 4) is 0 Å². The Balaban J connectivity index is 1.81. The van der Waals surface area contributed by atoms with Crippen molar-refractivity contribution < 1.29 is 13.2 Å². The zero-order valence-electron chi connectivity index (χ0n) is 10.8. The van der Waals surface area contributed by atoms with E-state index in [-0.39, 0.29) is 5.78 Å². The maximum Gasteiger partial charge on any atom is 0.181 e. The van der Waals surface area contributed by atoms with E-state index in [1.165, 1.54) is 0 Å². The van der Waals surface area contributed by atoms with Gasteiger partial charge in [-0.2, -0.15) is 0 Å². The van der Waals surface area contributed by atoms with Crippen molar-refractivity contribution in [2.24, 2.45) is 5.92 Å². The van der Waals surface area contributed by atoms with Crippen LogP contribution in [0.5, 0.6) is 0 Å². The molecular weight excluding hydrogens is 272 g/mol. The van der Waals surface area contributed by atoms with Gasteiger partial charge in [0.1, 0.15) is 0 Å². The molecule has 0 bridgehead atoms. The lowest BCUT2D eigenvalue weighted by Gasteiger charge is -2.03. The van der Waals surface area contributed by atoms with Crippen molar-refractivity contribution in [3.63, 3.8) is 0 Å². The van der Waals surface area contributed by atoms with Crippen LogP contribution in [0.1, 0.15) is 16.8 Å². The third-order valence-corrected chi connectivity index (χ3v) is 5.84. The SMILES string of the molecule is O=C(c1ccccc1)[C@@H]1C[C@H]1S(=O)(=O)c1ccccc1. The monoisotopic (exact) mass is 286 g/mol. The van der Waals surface area contributed by atoms with E-state index < -0.39 is 21.0 Å². The van der Waals surface area contributed by atoms with E-state index in [9.17, 15) is 13.2 Å². The molecule has 0 N–H and O–H groups in total. The van der Waals surface area contributed by atoms with E-state index in [1.807, 2.05) is 6.07 Å². The molecule has 1 aliphatic rings. The molecule has 1 aliphatic carbocycles. The first-order valence-electron chi connectivity index (χ1n) is 6.49. The summed E-state index contributed by atoms with van der Waals surface area (Å²) in [6, 6.07) is 17.2. The number of Topliss-reactive ketones (excluding diaryl/α,β-unsaturated/α-hetero) is 1. The molecule has 20 heavy (non-hydrogen) atoms. The molecule has 1 saturated carbocycles. The number of carbonyl (C=O) groups excluding carboxylic acids is 1.